The number of esters is 1. The Labute approximate surface area is 103 Å². The molecule has 1 aliphatic rings. The number of methoxy groups -OCH3 is 1. The van der Waals surface area contributed by atoms with Gasteiger partial charge in [0.25, 0.3) is 0 Å². The van der Waals surface area contributed by atoms with Gasteiger partial charge in [0.2, 0.25) is 5.91 Å². The van der Waals surface area contributed by atoms with Crippen LogP contribution in [0.4, 0.5) is 0 Å². The van der Waals surface area contributed by atoms with Crippen molar-refractivity contribution in [1.82, 2.24) is 4.90 Å². The highest BCUT2D eigenvalue weighted by molar-refractivity contribution is 5.88. The zero-order chi connectivity index (χ0) is 13.2. The lowest BCUT2D eigenvalue weighted by Gasteiger charge is -2.33. The summed E-state index contributed by atoms with van der Waals surface area (Å²) in [4.78, 5) is 25.2. The van der Waals surface area contributed by atoms with Crippen molar-refractivity contribution in [2.24, 2.45) is 5.41 Å². The van der Waals surface area contributed by atoms with E-state index in [9.17, 15) is 9.59 Å². The summed E-state index contributed by atoms with van der Waals surface area (Å²) in [7, 11) is 1.37. The number of hydrogen-bond acceptors (Lipinski definition) is 3. The average Bonchev–Trinajstić information content (AvgIpc) is 2.56. The minimum absolute atomic E-state index is 0.0668. The topological polar surface area (TPSA) is 46.6 Å². The summed E-state index contributed by atoms with van der Waals surface area (Å²) in [6, 6.07) is -0.307. The first-order chi connectivity index (χ1) is 7.76. The normalized spacial score (nSPS) is 22.8. The lowest BCUT2D eigenvalue weighted by molar-refractivity contribution is -0.151. The van der Waals surface area contributed by atoms with Crippen molar-refractivity contribution >= 4 is 11.9 Å². The first kappa shape index (κ1) is 14.0. The second-order valence-electron chi connectivity index (χ2n) is 5.99. The molecular formula is C13H23NO3. The van der Waals surface area contributed by atoms with Crippen LogP contribution in [-0.4, -0.2) is 36.0 Å². The monoisotopic (exact) mass is 241 g/mol. The van der Waals surface area contributed by atoms with E-state index in [4.69, 9.17) is 4.74 Å². The van der Waals surface area contributed by atoms with Crippen LogP contribution in [0, 0.1) is 5.41 Å². The van der Waals surface area contributed by atoms with Gasteiger partial charge in [-0.05, 0) is 25.2 Å². The van der Waals surface area contributed by atoms with Crippen molar-refractivity contribution in [3.63, 3.8) is 0 Å². The van der Waals surface area contributed by atoms with E-state index in [-0.39, 0.29) is 29.4 Å². The van der Waals surface area contributed by atoms with E-state index in [0.29, 0.717) is 12.8 Å². The summed E-state index contributed by atoms with van der Waals surface area (Å²) in [5.74, 6) is -0.228. The highest BCUT2D eigenvalue weighted by Crippen LogP contribution is 2.29. The third-order valence-corrected chi connectivity index (χ3v) is 3.11. The van der Waals surface area contributed by atoms with Crippen LogP contribution >= 0.6 is 0 Å². The molecule has 0 saturated carbocycles. The number of likely N-dealkylation sites (tertiary alicyclic amines) is 1. The van der Waals surface area contributed by atoms with E-state index in [2.05, 4.69) is 20.8 Å². The van der Waals surface area contributed by atoms with Crippen LogP contribution in [-0.2, 0) is 14.3 Å². The maximum absolute atomic E-state index is 11.9. The Morgan fingerprint density at radius 2 is 2.12 bits per heavy atom. The molecule has 2 atom stereocenters. The fourth-order valence-corrected chi connectivity index (χ4v) is 2.61. The molecule has 0 aromatic heterocycles. The number of carbonyl (C=O) groups excluding carboxylic acids is 2. The van der Waals surface area contributed by atoms with Crippen LogP contribution in [0.15, 0.2) is 0 Å². The molecule has 0 aromatic rings. The number of hydrogen-bond donors (Lipinski definition) is 0. The lowest BCUT2D eigenvalue weighted by Crippen LogP contribution is -2.46. The van der Waals surface area contributed by atoms with Gasteiger partial charge < -0.3 is 9.64 Å². The molecule has 0 spiro atoms. The van der Waals surface area contributed by atoms with Gasteiger partial charge in [0, 0.05) is 12.5 Å². The van der Waals surface area contributed by atoms with Crippen LogP contribution in [0.25, 0.3) is 0 Å². The quantitative estimate of drug-likeness (QED) is 0.710. The molecule has 1 heterocycles. The van der Waals surface area contributed by atoms with Crippen molar-refractivity contribution in [3.05, 3.63) is 0 Å². The van der Waals surface area contributed by atoms with Crippen LogP contribution in [0.2, 0.25) is 0 Å². The van der Waals surface area contributed by atoms with Crippen LogP contribution in [0.3, 0.4) is 0 Å². The van der Waals surface area contributed by atoms with E-state index < -0.39 is 0 Å². The van der Waals surface area contributed by atoms with Gasteiger partial charge in [0.15, 0.2) is 0 Å². The highest BCUT2D eigenvalue weighted by Gasteiger charge is 2.40. The predicted molar refractivity (Wildman–Crippen MR) is 65.4 cm³/mol. The second-order valence-corrected chi connectivity index (χ2v) is 5.99. The summed E-state index contributed by atoms with van der Waals surface area (Å²) in [5.41, 5.74) is 0.142. The molecule has 1 amide bonds. The minimum atomic E-state index is -0.384. The molecule has 98 valence electrons. The fourth-order valence-electron chi connectivity index (χ4n) is 2.61. The molecule has 1 fully saturated rings. The van der Waals surface area contributed by atoms with E-state index in [1.54, 1.807) is 4.90 Å². The molecule has 4 nitrogen and oxygen atoms in total. The van der Waals surface area contributed by atoms with Gasteiger partial charge >= 0.3 is 5.97 Å². The molecule has 0 aromatic carbocycles. The highest BCUT2D eigenvalue weighted by atomic mass is 16.5. The SMILES string of the molecule is COC(=O)C1CCC(=O)N1C(C)CC(C)(C)C. The number of carbonyl (C=O) groups is 2. The Morgan fingerprint density at radius 3 is 2.59 bits per heavy atom. The summed E-state index contributed by atoms with van der Waals surface area (Å²) >= 11 is 0. The van der Waals surface area contributed by atoms with Crippen LogP contribution in [0.5, 0.6) is 0 Å². The van der Waals surface area contributed by atoms with Crippen molar-refractivity contribution in [2.75, 3.05) is 7.11 Å². The van der Waals surface area contributed by atoms with E-state index in [1.807, 2.05) is 6.92 Å². The molecule has 1 aliphatic heterocycles. The molecule has 2 unspecified atom stereocenters. The standard InChI is InChI=1S/C13H23NO3/c1-9(8-13(2,3)4)14-10(12(16)17-5)6-7-11(14)15/h9-10H,6-8H2,1-5H3. The zero-order valence-electron chi connectivity index (χ0n) is 11.4. The maximum atomic E-state index is 11.9. The molecule has 1 rings (SSSR count). The van der Waals surface area contributed by atoms with Crippen molar-refractivity contribution in [3.8, 4) is 0 Å². The first-order valence-electron chi connectivity index (χ1n) is 6.15. The summed E-state index contributed by atoms with van der Waals surface area (Å²) in [6.45, 7) is 8.41. The van der Waals surface area contributed by atoms with Gasteiger partial charge in [-0.25, -0.2) is 4.79 Å². The number of nitrogens with zero attached hydrogens (tertiary/aromatic N) is 1. The molecule has 0 bridgehead atoms. The van der Waals surface area contributed by atoms with Gasteiger partial charge in [-0.1, -0.05) is 20.8 Å². The van der Waals surface area contributed by atoms with E-state index in [0.717, 1.165) is 6.42 Å². The number of rotatable bonds is 3. The van der Waals surface area contributed by atoms with Crippen molar-refractivity contribution < 1.29 is 14.3 Å². The van der Waals surface area contributed by atoms with Gasteiger partial charge in [-0.15, -0.1) is 0 Å². The molecule has 4 heteroatoms. The van der Waals surface area contributed by atoms with Gasteiger partial charge in [0.1, 0.15) is 6.04 Å². The average molecular weight is 241 g/mol. The fraction of sp³-hybridized carbons (Fsp3) is 0.846. The van der Waals surface area contributed by atoms with Gasteiger partial charge in [0.05, 0.1) is 7.11 Å². The Balaban J connectivity index is 2.77. The molecule has 0 radical (unpaired) electrons. The zero-order valence-corrected chi connectivity index (χ0v) is 11.4. The van der Waals surface area contributed by atoms with Gasteiger partial charge in [-0.3, -0.25) is 4.79 Å². The lowest BCUT2D eigenvalue weighted by atomic mass is 9.88. The molecule has 17 heavy (non-hydrogen) atoms. The largest absolute Gasteiger partial charge is 0.467 e. The molecule has 1 saturated heterocycles. The van der Waals surface area contributed by atoms with Crippen LogP contribution < -0.4 is 0 Å². The molecule has 0 aliphatic carbocycles. The summed E-state index contributed by atoms with van der Waals surface area (Å²) < 4.78 is 4.76. The van der Waals surface area contributed by atoms with Crippen molar-refractivity contribution in [1.29, 1.82) is 0 Å². The third kappa shape index (κ3) is 3.45. The second kappa shape index (κ2) is 5.07. The third-order valence-electron chi connectivity index (χ3n) is 3.11. The maximum Gasteiger partial charge on any atom is 0.328 e. The Morgan fingerprint density at radius 1 is 1.53 bits per heavy atom. The predicted octanol–water partition coefficient (Wildman–Crippen LogP) is 1.98. The first-order valence-corrected chi connectivity index (χ1v) is 6.15. The van der Waals surface area contributed by atoms with Crippen molar-refractivity contribution in [2.45, 2.75) is 59.0 Å². The smallest absolute Gasteiger partial charge is 0.328 e. The minimum Gasteiger partial charge on any atom is -0.467 e. The number of amides is 1. The molecular weight excluding hydrogens is 218 g/mol. The summed E-state index contributed by atoms with van der Waals surface area (Å²) in [5, 5.41) is 0. The summed E-state index contributed by atoms with van der Waals surface area (Å²) in [6.07, 6.45) is 1.92. The Hall–Kier alpha value is -1.06. The number of ether oxygens (including phenoxy) is 1. The van der Waals surface area contributed by atoms with E-state index >= 15 is 0 Å². The Bertz CT molecular complexity index is 306. The van der Waals surface area contributed by atoms with E-state index in [1.165, 1.54) is 7.11 Å². The van der Waals surface area contributed by atoms with Crippen LogP contribution in [0.1, 0.15) is 47.0 Å². The molecule has 0 N–H and O–H groups in total. The van der Waals surface area contributed by atoms with Gasteiger partial charge in [-0.2, -0.15) is 0 Å². The Kier molecular flexibility index (Phi) is 4.17.